The van der Waals surface area contributed by atoms with Crippen LogP contribution in [0.15, 0.2) is 24.3 Å². The van der Waals surface area contributed by atoms with Gasteiger partial charge < -0.3 is 15.5 Å². The lowest BCUT2D eigenvalue weighted by Gasteiger charge is -2.18. The summed E-state index contributed by atoms with van der Waals surface area (Å²) >= 11 is 0. The summed E-state index contributed by atoms with van der Waals surface area (Å²) in [6, 6.07) is 5.57. The molecule has 1 aromatic carbocycles. The number of pyridine rings is 1. The van der Waals surface area contributed by atoms with Crippen molar-refractivity contribution in [2.75, 3.05) is 6.54 Å². The maximum atomic E-state index is 13.2. The Hall–Kier alpha value is -2.54. The minimum absolute atomic E-state index is 0.236. The van der Waals surface area contributed by atoms with Crippen LogP contribution in [0.25, 0.3) is 10.9 Å². The number of fused-ring (bicyclic) bond motifs is 1. The van der Waals surface area contributed by atoms with Crippen molar-refractivity contribution in [1.29, 1.82) is 0 Å². The minimum Gasteiger partial charge on any atom is -0.479 e. The number of aliphatic hydroxyl groups is 1. The molecule has 0 saturated carbocycles. The number of nitrogens with zero attached hydrogens (tertiary/aromatic N) is 1. The fourth-order valence-corrected chi connectivity index (χ4v) is 1.89. The van der Waals surface area contributed by atoms with Crippen LogP contribution in [-0.2, 0) is 4.79 Å². The molecule has 1 aromatic heterocycles. The van der Waals surface area contributed by atoms with Gasteiger partial charge in [-0.2, -0.15) is 0 Å². The van der Waals surface area contributed by atoms with E-state index in [0.29, 0.717) is 16.6 Å². The predicted octanol–water partition coefficient (Wildman–Crippen LogP) is 1.25. The Balaban J connectivity index is 2.26. The van der Waals surface area contributed by atoms with E-state index in [1.54, 1.807) is 13.0 Å². The van der Waals surface area contributed by atoms with Crippen molar-refractivity contribution in [1.82, 2.24) is 10.3 Å². The SMILES string of the molecule is Cc1nc2cc(F)ccc2cc1C(=O)NCC(C)(O)C(=O)O. The van der Waals surface area contributed by atoms with E-state index in [1.807, 2.05) is 0 Å². The Morgan fingerprint density at radius 2 is 2.05 bits per heavy atom. The van der Waals surface area contributed by atoms with Crippen LogP contribution in [0.4, 0.5) is 4.39 Å². The molecular weight excluding hydrogens is 291 g/mol. The normalized spacial score (nSPS) is 13.6. The Morgan fingerprint density at radius 3 is 2.68 bits per heavy atom. The van der Waals surface area contributed by atoms with E-state index >= 15 is 0 Å². The average Bonchev–Trinajstić information content (AvgIpc) is 2.43. The summed E-state index contributed by atoms with van der Waals surface area (Å²) in [6.45, 7) is 2.24. The van der Waals surface area contributed by atoms with Crippen molar-refractivity contribution in [3.05, 3.63) is 41.3 Å². The van der Waals surface area contributed by atoms with Gasteiger partial charge in [0.1, 0.15) is 5.82 Å². The zero-order chi connectivity index (χ0) is 16.5. The standard InChI is InChI=1S/C15H15FN2O4/c1-8-11(13(19)17-7-15(2,22)14(20)21)5-9-3-4-10(16)6-12(9)18-8/h3-6,22H,7H2,1-2H3,(H,17,19)(H,20,21). The Morgan fingerprint density at radius 1 is 1.36 bits per heavy atom. The number of carboxylic acid groups (broad SMARTS) is 1. The highest BCUT2D eigenvalue weighted by Gasteiger charge is 2.30. The van der Waals surface area contributed by atoms with Crippen molar-refractivity contribution in [3.63, 3.8) is 0 Å². The van der Waals surface area contributed by atoms with Crippen LogP contribution >= 0.6 is 0 Å². The molecule has 1 amide bonds. The number of carbonyl (C=O) groups is 2. The molecule has 0 bridgehead atoms. The number of carboxylic acids is 1. The fraction of sp³-hybridized carbons (Fsp3) is 0.267. The molecule has 0 aliphatic rings. The van der Waals surface area contributed by atoms with E-state index < -0.39 is 29.8 Å². The van der Waals surface area contributed by atoms with Crippen LogP contribution in [-0.4, -0.2) is 39.2 Å². The molecule has 0 saturated heterocycles. The van der Waals surface area contributed by atoms with E-state index in [9.17, 15) is 19.1 Å². The Bertz CT molecular complexity index is 759. The third kappa shape index (κ3) is 3.20. The van der Waals surface area contributed by atoms with E-state index in [2.05, 4.69) is 10.3 Å². The molecule has 116 valence electrons. The summed E-state index contributed by atoms with van der Waals surface area (Å²) in [6.07, 6.45) is 0. The highest BCUT2D eigenvalue weighted by atomic mass is 19.1. The van der Waals surface area contributed by atoms with E-state index in [4.69, 9.17) is 5.11 Å². The molecule has 2 rings (SSSR count). The quantitative estimate of drug-likeness (QED) is 0.789. The number of rotatable bonds is 4. The second kappa shape index (κ2) is 5.69. The van der Waals surface area contributed by atoms with Crippen LogP contribution in [0, 0.1) is 12.7 Å². The Kier molecular flexibility index (Phi) is 4.09. The maximum Gasteiger partial charge on any atom is 0.337 e. The van der Waals surface area contributed by atoms with Crippen molar-refractivity contribution in [2.24, 2.45) is 0 Å². The summed E-state index contributed by atoms with van der Waals surface area (Å²) in [5.41, 5.74) is -1.02. The van der Waals surface area contributed by atoms with Gasteiger partial charge in [-0.05, 0) is 32.0 Å². The second-order valence-electron chi connectivity index (χ2n) is 5.22. The summed E-state index contributed by atoms with van der Waals surface area (Å²) < 4.78 is 13.2. The molecule has 7 heteroatoms. The summed E-state index contributed by atoms with van der Waals surface area (Å²) in [5, 5.41) is 21.3. The molecule has 0 radical (unpaired) electrons. The fourth-order valence-electron chi connectivity index (χ4n) is 1.89. The highest BCUT2D eigenvalue weighted by molar-refractivity contribution is 5.98. The maximum absolute atomic E-state index is 13.2. The van der Waals surface area contributed by atoms with Gasteiger partial charge >= 0.3 is 5.97 Å². The smallest absolute Gasteiger partial charge is 0.337 e. The van der Waals surface area contributed by atoms with Gasteiger partial charge in [0.2, 0.25) is 0 Å². The number of hydrogen-bond acceptors (Lipinski definition) is 4. The zero-order valence-electron chi connectivity index (χ0n) is 12.1. The second-order valence-corrected chi connectivity index (χ2v) is 5.22. The van der Waals surface area contributed by atoms with Crippen LogP contribution < -0.4 is 5.32 Å². The zero-order valence-corrected chi connectivity index (χ0v) is 12.1. The number of nitrogens with one attached hydrogen (secondary N) is 1. The molecule has 0 aliphatic heterocycles. The van der Waals surface area contributed by atoms with Gasteiger partial charge in [-0.1, -0.05) is 0 Å². The first-order valence-electron chi connectivity index (χ1n) is 6.51. The molecule has 1 unspecified atom stereocenters. The largest absolute Gasteiger partial charge is 0.479 e. The van der Waals surface area contributed by atoms with Gasteiger partial charge in [-0.3, -0.25) is 9.78 Å². The molecule has 0 fully saturated rings. The molecule has 1 atom stereocenters. The predicted molar refractivity (Wildman–Crippen MR) is 77.0 cm³/mol. The minimum atomic E-state index is -2.06. The molecule has 0 spiro atoms. The number of carbonyl (C=O) groups excluding carboxylic acids is 1. The van der Waals surface area contributed by atoms with Crippen molar-refractivity contribution >= 4 is 22.8 Å². The van der Waals surface area contributed by atoms with Gasteiger partial charge in [0, 0.05) is 11.5 Å². The molecule has 22 heavy (non-hydrogen) atoms. The lowest BCUT2D eigenvalue weighted by Crippen LogP contribution is -2.46. The third-order valence-corrected chi connectivity index (χ3v) is 3.27. The number of aliphatic carboxylic acids is 1. The lowest BCUT2D eigenvalue weighted by molar-refractivity contribution is -0.155. The van der Waals surface area contributed by atoms with Crippen LogP contribution in [0.1, 0.15) is 23.0 Å². The van der Waals surface area contributed by atoms with Gasteiger partial charge in [-0.15, -0.1) is 0 Å². The van der Waals surface area contributed by atoms with Gasteiger partial charge in [0.05, 0.1) is 23.3 Å². The van der Waals surface area contributed by atoms with E-state index in [0.717, 1.165) is 6.92 Å². The molecule has 3 N–H and O–H groups in total. The first-order valence-corrected chi connectivity index (χ1v) is 6.51. The van der Waals surface area contributed by atoms with E-state index in [-0.39, 0.29) is 5.56 Å². The van der Waals surface area contributed by atoms with Gasteiger partial charge in [-0.25, -0.2) is 9.18 Å². The van der Waals surface area contributed by atoms with Crippen molar-refractivity contribution in [2.45, 2.75) is 19.4 Å². The van der Waals surface area contributed by atoms with Crippen molar-refractivity contribution < 1.29 is 24.2 Å². The Labute approximate surface area is 125 Å². The molecule has 6 nitrogen and oxygen atoms in total. The van der Waals surface area contributed by atoms with Crippen LogP contribution in [0.2, 0.25) is 0 Å². The van der Waals surface area contributed by atoms with Crippen LogP contribution in [0.3, 0.4) is 0 Å². The number of hydrogen-bond donors (Lipinski definition) is 3. The number of halogens is 1. The molecule has 2 aromatic rings. The lowest BCUT2D eigenvalue weighted by atomic mass is 10.1. The topological polar surface area (TPSA) is 99.5 Å². The third-order valence-electron chi connectivity index (χ3n) is 3.27. The molecule has 0 aliphatic carbocycles. The summed E-state index contributed by atoms with van der Waals surface area (Å²) in [4.78, 5) is 27.1. The molecular formula is C15H15FN2O4. The highest BCUT2D eigenvalue weighted by Crippen LogP contribution is 2.18. The number of benzene rings is 1. The number of amides is 1. The monoisotopic (exact) mass is 306 g/mol. The van der Waals surface area contributed by atoms with E-state index in [1.165, 1.54) is 18.2 Å². The van der Waals surface area contributed by atoms with Gasteiger partial charge in [0.15, 0.2) is 5.60 Å². The summed E-state index contributed by atoms with van der Waals surface area (Å²) in [7, 11) is 0. The van der Waals surface area contributed by atoms with Gasteiger partial charge in [0.25, 0.3) is 5.91 Å². The molecule has 1 heterocycles. The summed E-state index contributed by atoms with van der Waals surface area (Å²) in [5.74, 6) is -2.41. The number of aryl methyl sites for hydroxylation is 1. The first kappa shape index (κ1) is 15.8. The van der Waals surface area contributed by atoms with Crippen LogP contribution in [0.5, 0.6) is 0 Å². The number of aromatic nitrogens is 1. The average molecular weight is 306 g/mol. The van der Waals surface area contributed by atoms with Crippen molar-refractivity contribution in [3.8, 4) is 0 Å². The first-order chi connectivity index (χ1) is 10.2.